The third-order valence-corrected chi connectivity index (χ3v) is 5.08. The highest BCUT2D eigenvalue weighted by molar-refractivity contribution is 6.25. The number of benzene rings is 1. The van der Waals surface area contributed by atoms with Crippen LogP contribution in [-0.4, -0.2) is 28.5 Å². The lowest BCUT2D eigenvalue weighted by Gasteiger charge is -2.46. The number of aliphatic hydroxyl groups is 1. The van der Waals surface area contributed by atoms with E-state index in [1.165, 1.54) is 7.11 Å². The number of aromatic nitrogens is 1. The molecule has 0 amide bonds. The number of nitrogens with zero attached hydrogens (tertiary/aromatic N) is 1. The first-order valence-corrected chi connectivity index (χ1v) is 7.94. The molecule has 0 saturated heterocycles. The second-order valence-electron chi connectivity index (χ2n) is 6.23. The SMILES string of the molecule is COC(=O)C1=C(O)c2ccc(-c3ccccc3)n2C2(CCC2)C1=O. The summed E-state index contributed by atoms with van der Waals surface area (Å²) in [7, 11) is 1.21. The van der Waals surface area contributed by atoms with E-state index in [1.54, 1.807) is 6.07 Å². The number of Topliss-reactive ketones (excluding diaryl/α,β-unsaturated/α-hetero) is 1. The number of esters is 1. The topological polar surface area (TPSA) is 68.5 Å². The summed E-state index contributed by atoms with van der Waals surface area (Å²) in [5, 5.41) is 10.5. The Hall–Kier alpha value is -2.82. The maximum atomic E-state index is 13.0. The predicted molar refractivity (Wildman–Crippen MR) is 88.3 cm³/mol. The van der Waals surface area contributed by atoms with Crippen molar-refractivity contribution in [1.82, 2.24) is 4.57 Å². The van der Waals surface area contributed by atoms with Gasteiger partial charge < -0.3 is 14.4 Å². The number of carbonyl (C=O) groups excluding carboxylic acids is 2. The van der Waals surface area contributed by atoms with Crippen LogP contribution in [0.3, 0.4) is 0 Å². The molecule has 1 N–H and O–H groups in total. The molecular weight excluding hydrogens is 306 g/mol. The third-order valence-electron chi connectivity index (χ3n) is 5.08. The van der Waals surface area contributed by atoms with Gasteiger partial charge in [0, 0.05) is 5.69 Å². The Morgan fingerprint density at radius 1 is 1.12 bits per heavy atom. The van der Waals surface area contributed by atoms with Crippen LogP contribution in [0, 0.1) is 0 Å². The molecule has 0 atom stereocenters. The van der Waals surface area contributed by atoms with Crippen molar-refractivity contribution in [1.29, 1.82) is 0 Å². The van der Waals surface area contributed by atoms with Crippen LogP contribution in [0.5, 0.6) is 0 Å². The molecule has 1 fully saturated rings. The minimum Gasteiger partial charge on any atom is -0.505 e. The van der Waals surface area contributed by atoms with Crippen LogP contribution in [0.4, 0.5) is 0 Å². The van der Waals surface area contributed by atoms with E-state index in [2.05, 4.69) is 0 Å². The van der Waals surface area contributed by atoms with E-state index in [9.17, 15) is 14.7 Å². The first-order chi connectivity index (χ1) is 11.6. The predicted octanol–water partition coefficient (Wildman–Crippen LogP) is 3.06. The molecule has 2 heterocycles. The molecule has 5 nitrogen and oxygen atoms in total. The summed E-state index contributed by atoms with van der Waals surface area (Å²) in [6.07, 6.45) is 2.22. The van der Waals surface area contributed by atoms with Gasteiger partial charge in [0.1, 0.15) is 11.1 Å². The Labute approximate surface area is 139 Å². The molecule has 122 valence electrons. The monoisotopic (exact) mass is 323 g/mol. The minimum atomic E-state index is -0.792. The van der Waals surface area contributed by atoms with Gasteiger partial charge in [-0.05, 0) is 37.0 Å². The fourth-order valence-electron chi connectivity index (χ4n) is 3.74. The lowest BCUT2D eigenvalue weighted by molar-refractivity contribution is -0.140. The van der Waals surface area contributed by atoms with Crippen molar-refractivity contribution >= 4 is 17.5 Å². The number of fused-ring (bicyclic) bond motifs is 2. The standard InChI is InChI=1S/C19H17NO4/c1-24-18(23)15-16(21)14-9-8-13(12-6-3-2-4-7-12)20(14)19(17(15)22)10-5-11-19/h2-4,6-9,21H,5,10-11H2,1H3. The molecule has 1 aliphatic heterocycles. The molecule has 1 aliphatic carbocycles. The molecule has 24 heavy (non-hydrogen) atoms. The molecule has 1 spiro atoms. The number of ether oxygens (including phenoxy) is 1. The van der Waals surface area contributed by atoms with Crippen LogP contribution in [-0.2, 0) is 19.9 Å². The molecule has 2 aliphatic rings. The van der Waals surface area contributed by atoms with Gasteiger partial charge in [0.2, 0.25) is 0 Å². The van der Waals surface area contributed by atoms with Crippen LogP contribution < -0.4 is 0 Å². The maximum Gasteiger partial charge on any atom is 0.345 e. The highest BCUT2D eigenvalue weighted by Gasteiger charge is 2.54. The van der Waals surface area contributed by atoms with Crippen molar-refractivity contribution in [3.05, 3.63) is 53.7 Å². The van der Waals surface area contributed by atoms with E-state index >= 15 is 0 Å². The highest BCUT2D eigenvalue weighted by atomic mass is 16.5. The quantitative estimate of drug-likeness (QED) is 0.681. The Morgan fingerprint density at radius 2 is 1.79 bits per heavy atom. The van der Waals surface area contributed by atoms with Gasteiger partial charge in [0.05, 0.1) is 12.8 Å². The summed E-state index contributed by atoms with van der Waals surface area (Å²) in [5.74, 6) is -1.43. The van der Waals surface area contributed by atoms with Gasteiger partial charge in [-0.1, -0.05) is 30.3 Å². The van der Waals surface area contributed by atoms with Gasteiger partial charge in [-0.15, -0.1) is 0 Å². The average Bonchev–Trinajstić information content (AvgIpc) is 3.00. The van der Waals surface area contributed by atoms with Gasteiger partial charge in [-0.3, -0.25) is 4.79 Å². The van der Waals surface area contributed by atoms with Crippen LogP contribution in [0.15, 0.2) is 48.0 Å². The van der Waals surface area contributed by atoms with Crippen molar-refractivity contribution in [2.75, 3.05) is 7.11 Å². The second-order valence-corrected chi connectivity index (χ2v) is 6.23. The molecule has 1 aromatic carbocycles. The van der Waals surface area contributed by atoms with Gasteiger partial charge in [-0.2, -0.15) is 0 Å². The van der Waals surface area contributed by atoms with Crippen molar-refractivity contribution in [2.24, 2.45) is 0 Å². The van der Waals surface area contributed by atoms with E-state index < -0.39 is 11.5 Å². The number of hydrogen-bond acceptors (Lipinski definition) is 4. The van der Waals surface area contributed by atoms with E-state index in [4.69, 9.17) is 4.74 Å². The summed E-state index contributed by atoms with van der Waals surface area (Å²) in [5.41, 5.74) is 1.31. The average molecular weight is 323 g/mol. The Bertz CT molecular complexity index is 872. The van der Waals surface area contributed by atoms with Crippen molar-refractivity contribution in [3.63, 3.8) is 0 Å². The Kier molecular flexibility index (Phi) is 3.13. The van der Waals surface area contributed by atoms with Crippen molar-refractivity contribution in [3.8, 4) is 11.3 Å². The number of methoxy groups -OCH3 is 1. The molecule has 5 heteroatoms. The normalized spacial score (nSPS) is 18.3. The molecule has 4 rings (SSSR count). The zero-order valence-corrected chi connectivity index (χ0v) is 13.3. The number of aliphatic hydroxyl groups excluding tert-OH is 1. The molecule has 1 aromatic heterocycles. The van der Waals surface area contributed by atoms with Crippen LogP contribution in [0.2, 0.25) is 0 Å². The molecular formula is C19H17NO4. The maximum absolute atomic E-state index is 13.0. The minimum absolute atomic E-state index is 0.234. The number of carbonyl (C=O) groups is 2. The molecule has 2 aromatic rings. The fraction of sp³-hybridized carbons (Fsp3) is 0.263. The van der Waals surface area contributed by atoms with Crippen LogP contribution >= 0.6 is 0 Å². The van der Waals surface area contributed by atoms with Gasteiger partial charge >= 0.3 is 5.97 Å². The first kappa shape index (κ1) is 14.8. The molecule has 0 unspecified atom stereocenters. The molecule has 0 radical (unpaired) electrons. The molecule has 0 bridgehead atoms. The second kappa shape index (κ2) is 5.09. The summed E-state index contributed by atoms with van der Waals surface area (Å²) in [6, 6.07) is 13.4. The van der Waals surface area contributed by atoms with E-state index in [0.717, 1.165) is 17.7 Å². The highest BCUT2D eigenvalue weighted by Crippen LogP contribution is 2.49. The van der Waals surface area contributed by atoms with Gasteiger partial charge in [0.25, 0.3) is 0 Å². The van der Waals surface area contributed by atoms with E-state index in [0.29, 0.717) is 18.5 Å². The molecule has 1 saturated carbocycles. The number of rotatable bonds is 2. The zero-order chi connectivity index (χ0) is 16.9. The fourth-order valence-corrected chi connectivity index (χ4v) is 3.74. The number of ketones is 1. The van der Waals surface area contributed by atoms with E-state index in [-0.39, 0.29) is 17.1 Å². The van der Waals surface area contributed by atoms with Gasteiger partial charge in [-0.25, -0.2) is 4.79 Å². The summed E-state index contributed by atoms with van der Waals surface area (Å²) in [6.45, 7) is 0. The van der Waals surface area contributed by atoms with E-state index in [1.807, 2.05) is 41.0 Å². The lowest BCUT2D eigenvalue weighted by atomic mass is 9.69. The van der Waals surface area contributed by atoms with Crippen LogP contribution in [0.1, 0.15) is 25.0 Å². The Balaban J connectivity index is 1.99. The Morgan fingerprint density at radius 3 is 2.38 bits per heavy atom. The summed E-state index contributed by atoms with van der Waals surface area (Å²) < 4.78 is 6.61. The zero-order valence-electron chi connectivity index (χ0n) is 13.3. The van der Waals surface area contributed by atoms with Gasteiger partial charge in [0.15, 0.2) is 11.5 Å². The third kappa shape index (κ3) is 1.75. The van der Waals surface area contributed by atoms with Crippen LogP contribution in [0.25, 0.3) is 17.0 Å². The smallest absolute Gasteiger partial charge is 0.345 e. The lowest BCUT2D eigenvalue weighted by Crippen LogP contribution is -2.52. The summed E-state index contributed by atoms with van der Waals surface area (Å²) in [4.78, 5) is 25.1. The number of hydrogen-bond donors (Lipinski definition) is 1. The summed E-state index contributed by atoms with van der Waals surface area (Å²) >= 11 is 0. The first-order valence-electron chi connectivity index (χ1n) is 7.94. The largest absolute Gasteiger partial charge is 0.505 e. The van der Waals surface area contributed by atoms with Crippen molar-refractivity contribution in [2.45, 2.75) is 24.8 Å². The van der Waals surface area contributed by atoms with Crippen molar-refractivity contribution < 1.29 is 19.4 Å².